The summed E-state index contributed by atoms with van der Waals surface area (Å²) >= 11 is 0. The van der Waals surface area contributed by atoms with Crippen molar-refractivity contribution in [3.63, 3.8) is 0 Å². The van der Waals surface area contributed by atoms with Crippen molar-refractivity contribution in [3.8, 4) is 0 Å². The first-order chi connectivity index (χ1) is 8.11. The van der Waals surface area contributed by atoms with Gasteiger partial charge in [0.05, 0.1) is 6.33 Å². The standard InChI is InChI=1S/C11H16FN5/c1-4-7(6(2)3)15-10-8-9(14-5-13-8)16-11(12)17-10/h5-7H,4H2,1-3H3,(H2,13,14,15,16,17)/t7-/m1/s1. The van der Waals surface area contributed by atoms with E-state index in [-0.39, 0.29) is 6.04 Å². The average molecular weight is 237 g/mol. The van der Waals surface area contributed by atoms with Crippen molar-refractivity contribution in [2.75, 3.05) is 5.32 Å². The van der Waals surface area contributed by atoms with Crippen molar-refractivity contribution < 1.29 is 4.39 Å². The number of hydrogen-bond donors (Lipinski definition) is 2. The van der Waals surface area contributed by atoms with Gasteiger partial charge >= 0.3 is 6.08 Å². The van der Waals surface area contributed by atoms with E-state index in [1.54, 1.807) is 0 Å². The summed E-state index contributed by atoms with van der Waals surface area (Å²) < 4.78 is 13.2. The van der Waals surface area contributed by atoms with Crippen molar-refractivity contribution in [2.45, 2.75) is 33.2 Å². The molecule has 2 aromatic heterocycles. The second kappa shape index (κ2) is 4.65. The number of aromatic nitrogens is 4. The number of hydrogen-bond acceptors (Lipinski definition) is 4. The molecule has 17 heavy (non-hydrogen) atoms. The van der Waals surface area contributed by atoms with Crippen LogP contribution in [-0.4, -0.2) is 26.0 Å². The Bertz CT molecular complexity index is 508. The van der Waals surface area contributed by atoms with Crippen LogP contribution in [0.2, 0.25) is 0 Å². The molecule has 2 aromatic rings. The van der Waals surface area contributed by atoms with Crippen molar-refractivity contribution in [1.29, 1.82) is 0 Å². The molecule has 2 heterocycles. The summed E-state index contributed by atoms with van der Waals surface area (Å²) in [5, 5.41) is 3.22. The van der Waals surface area contributed by atoms with Crippen LogP contribution >= 0.6 is 0 Å². The van der Waals surface area contributed by atoms with Gasteiger partial charge in [0.2, 0.25) is 0 Å². The molecule has 0 spiro atoms. The molecule has 2 N–H and O–H groups in total. The van der Waals surface area contributed by atoms with Gasteiger partial charge in [-0.25, -0.2) is 4.98 Å². The molecule has 5 nitrogen and oxygen atoms in total. The summed E-state index contributed by atoms with van der Waals surface area (Å²) in [6.07, 6.45) is 1.68. The maximum absolute atomic E-state index is 13.2. The zero-order valence-electron chi connectivity index (χ0n) is 10.2. The van der Waals surface area contributed by atoms with Crippen LogP contribution in [0.25, 0.3) is 11.2 Å². The van der Waals surface area contributed by atoms with E-state index in [0.717, 1.165) is 6.42 Å². The van der Waals surface area contributed by atoms with Crippen molar-refractivity contribution in [3.05, 3.63) is 12.4 Å². The third-order valence-electron chi connectivity index (χ3n) is 2.82. The third-order valence-corrected chi connectivity index (χ3v) is 2.82. The highest BCUT2D eigenvalue weighted by molar-refractivity contribution is 5.82. The van der Waals surface area contributed by atoms with E-state index in [2.05, 4.69) is 46.0 Å². The third kappa shape index (κ3) is 2.35. The molecule has 0 aliphatic carbocycles. The zero-order chi connectivity index (χ0) is 12.4. The Morgan fingerprint density at radius 1 is 1.41 bits per heavy atom. The lowest BCUT2D eigenvalue weighted by Crippen LogP contribution is -2.25. The fraction of sp³-hybridized carbons (Fsp3) is 0.545. The average Bonchev–Trinajstić information content (AvgIpc) is 2.72. The number of nitrogens with one attached hydrogen (secondary N) is 2. The summed E-state index contributed by atoms with van der Waals surface area (Å²) in [5.41, 5.74) is 0.990. The number of imidazole rings is 1. The Balaban J connectivity index is 2.37. The minimum atomic E-state index is -0.747. The van der Waals surface area contributed by atoms with Gasteiger partial charge in [-0.05, 0) is 12.3 Å². The number of H-pyrrole nitrogens is 1. The predicted molar refractivity (Wildman–Crippen MR) is 64.2 cm³/mol. The highest BCUT2D eigenvalue weighted by Crippen LogP contribution is 2.19. The number of anilines is 1. The zero-order valence-corrected chi connectivity index (χ0v) is 10.2. The van der Waals surface area contributed by atoms with E-state index >= 15 is 0 Å². The first kappa shape index (κ1) is 11.8. The topological polar surface area (TPSA) is 66.5 Å². The van der Waals surface area contributed by atoms with Crippen molar-refractivity contribution in [1.82, 2.24) is 19.9 Å². The van der Waals surface area contributed by atoms with E-state index in [0.29, 0.717) is 22.9 Å². The first-order valence-electron chi connectivity index (χ1n) is 5.75. The summed E-state index contributed by atoms with van der Waals surface area (Å²) in [6.45, 7) is 6.30. The van der Waals surface area contributed by atoms with Crippen LogP contribution < -0.4 is 5.32 Å². The van der Waals surface area contributed by atoms with E-state index in [4.69, 9.17) is 0 Å². The van der Waals surface area contributed by atoms with E-state index in [9.17, 15) is 4.39 Å². The Labute approximate surface area is 98.9 Å². The molecule has 0 aliphatic heterocycles. The van der Waals surface area contributed by atoms with Crippen LogP contribution in [0, 0.1) is 12.0 Å². The quantitative estimate of drug-likeness (QED) is 0.801. The maximum Gasteiger partial charge on any atom is 0.312 e. The van der Waals surface area contributed by atoms with Crippen LogP contribution in [0.5, 0.6) is 0 Å². The molecule has 1 atom stereocenters. The smallest absolute Gasteiger partial charge is 0.312 e. The molecule has 2 rings (SSSR count). The number of aromatic amines is 1. The summed E-state index contributed by atoms with van der Waals surface area (Å²) in [4.78, 5) is 14.3. The molecule has 0 amide bonds. The van der Waals surface area contributed by atoms with Crippen molar-refractivity contribution >= 4 is 17.0 Å². The summed E-state index contributed by atoms with van der Waals surface area (Å²) in [5.74, 6) is 0.890. The van der Waals surface area contributed by atoms with Gasteiger partial charge in [0.25, 0.3) is 0 Å². The SMILES string of the molecule is CC[C@@H](Nc1nc(F)nc2[nH]cnc12)C(C)C. The molecule has 0 unspecified atom stereocenters. The maximum atomic E-state index is 13.2. The van der Waals surface area contributed by atoms with Gasteiger partial charge in [-0.15, -0.1) is 0 Å². The van der Waals surface area contributed by atoms with Gasteiger partial charge in [-0.3, -0.25) is 0 Å². The molecule has 0 fully saturated rings. The minimum absolute atomic E-state index is 0.240. The molecule has 92 valence electrons. The Hall–Kier alpha value is -1.72. The molecule has 0 radical (unpaired) electrons. The van der Waals surface area contributed by atoms with Crippen LogP contribution in [-0.2, 0) is 0 Å². The Kier molecular flexibility index (Phi) is 3.21. The highest BCUT2D eigenvalue weighted by atomic mass is 19.1. The van der Waals surface area contributed by atoms with Gasteiger partial charge in [0, 0.05) is 6.04 Å². The number of nitrogens with zero attached hydrogens (tertiary/aromatic N) is 3. The summed E-state index contributed by atoms with van der Waals surface area (Å²) in [6, 6.07) is 0.240. The summed E-state index contributed by atoms with van der Waals surface area (Å²) in [7, 11) is 0. The molecule has 0 saturated heterocycles. The molecule has 0 aliphatic rings. The van der Waals surface area contributed by atoms with E-state index in [1.807, 2.05) is 0 Å². The fourth-order valence-corrected chi connectivity index (χ4v) is 1.82. The van der Waals surface area contributed by atoms with Crippen LogP contribution in [0.4, 0.5) is 10.2 Å². The van der Waals surface area contributed by atoms with Gasteiger partial charge in [0.15, 0.2) is 11.5 Å². The van der Waals surface area contributed by atoms with Gasteiger partial charge < -0.3 is 10.3 Å². The van der Waals surface area contributed by atoms with Gasteiger partial charge in [-0.1, -0.05) is 20.8 Å². The molecular weight excluding hydrogens is 221 g/mol. The monoisotopic (exact) mass is 237 g/mol. The lowest BCUT2D eigenvalue weighted by Gasteiger charge is -2.21. The number of halogens is 1. The number of rotatable bonds is 4. The molecule has 6 heteroatoms. The van der Waals surface area contributed by atoms with E-state index in [1.165, 1.54) is 6.33 Å². The molecule has 0 bridgehead atoms. The second-order valence-electron chi connectivity index (χ2n) is 4.34. The molecular formula is C11H16FN5. The second-order valence-corrected chi connectivity index (χ2v) is 4.34. The Morgan fingerprint density at radius 3 is 2.82 bits per heavy atom. The van der Waals surface area contributed by atoms with Crippen LogP contribution in [0.15, 0.2) is 6.33 Å². The lowest BCUT2D eigenvalue weighted by molar-refractivity contribution is 0.504. The van der Waals surface area contributed by atoms with Crippen LogP contribution in [0.1, 0.15) is 27.2 Å². The lowest BCUT2D eigenvalue weighted by atomic mass is 10.0. The number of fused-ring (bicyclic) bond motifs is 1. The highest BCUT2D eigenvalue weighted by Gasteiger charge is 2.15. The normalized spacial score (nSPS) is 13.2. The predicted octanol–water partition coefficient (Wildman–Crippen LogP) is 2.34. The molecule has 0 aromatic carbocycles. The van der Waals surface area contributed by atoms with Gasteiger partial charge in [0.1, 0.15) is 5.52 Å². The fourth-order valence-electron chi connectivity index (χ4n) is 1.82. The largest absolute Gasteiger partial charge is 0.365 e. The first-order valence-corrected chi connectivity index (χ1v) is 5.75. The van der Waals surface area contributed by atoms with Gasteiger partial charge in [-0.2, -0.15) is 14.4 Å². The minimum Gasteiger partial charge on any atom is -0.365 e. The Morgan fingerprint density at radius 2 is 2.18 bits per heavy atom. The van der Waals surface area contributed by atoms with Crippen molar-refractivity contribution in [2.24, 2.45) is 5.92 Å². The molecule has 0 saturated carbocycles. The van der Waals surface area contributed by atoms with E-state index < -0.39 is 6.08 Å². The van der Waals surface area contributed by atoms with Crippen LogP contribution in [0.3, 0.4) is 0 Å².